The Bertz CT molecular complexity index is 620. The molecule has 2 N–H and O–H groups in total. The summed E-state index contributed by atoms with van der Waals surface area (Å²) in [6, 6.07) is 4.43. The highest BCUT2D eigenvalue weighted by atomic mass is 16.4. The standard InChI is InChI=1S/C20H32N4O2/c1-20(25,18-4-3-11-26-18)14-22-19(21-2)24-9-7-23(8-10-24)17-13-15-5-6-16(17)12-15/h3-4,11,15-17,25H,5-10,12-14H2,1-2H3,(H,21,22). The number of hydrogen-bond acceptors (Lipinski definition) is 4. The van der Waals surface area contributed by atoms with E-state index in [-0.39, 0.29) is 0 Å². The second-order valence-electron chi connectivity index (χ2n) is 8.42. The van der Waals surface area contributed by atoms with Crippen molar-refractivity contribution >= 4 is 5.96 Å². The molecule has 3 fully saturated rings. The highest BCUT2D eigenvalue weighted by Crippen LogP contribution is 2.46. The zero-order valence-corrected chi connectivity index (χ0v) is 16.0. The van der Waals surface area contributed by atoms with Gasteiger partial charge in [-0.3, -0.25) is 9.89 Å². The van der Waals surface area contributed by atoms with Crippen molar-refractivity contribution in [2.45, 2.75) is 44.2 Å². The first kappa shape index (κ1) is 17.9. The molecule has 4 atom stereocenters. The van der Waals surface area contributed by atoms with Crippen LogP contribution in [0.4, 0.5) is 0 Å². The summed E-state index contributed by atoms with van der Waals surface area (Å²) >= 11 is 0. The van der Waals surface area contributed by atoms with Crippen molar-refractivity contribution in [1.29, 1.82) is 0 Å². The Morgan fingerprint density at radius 3 is 2.69 bits per heavy atom. The summed E-state index contributed by atoms with van der Waals surface area (Å²) in [6.45, 7) is 6.36. The van der Waals surface area contributed by atoms with Gasteiger partial charge < -0.3 is 19.7 Å². The molecular formula is C20H32N4O2. The van der Waals surface area contributed by atoms with Crippen LogP contribution in [0, 0.1) is 11.8 Å². The van der Waals surface area contributed by atoms with Gasteiger partial charge in [-0.2, -0.15) is 0 Å². The molecule has 6 nitrogen and oxygen atoms in total. The zero-order valence-electron chi connectivity index (χ0n) is 16.0. The van der Waals surface area contributed by atoms with Gasteiger partial charge in [-0.25, -0.2) is 0 Å². The Labute approximate surface area is 156 Å². The molecule has 6 heteroatoms. The molecular weight excluding hydrogens is 328 g/mol. The smallest absolute Gasteiger partial charge is 0.193 e. The first-order valence-electron chi connectivity index (χ1n) is 10.0. The number of fused-ring (bicyclic) bond motifs is 2. The minimum atomic E-state index is -1.05. The van der Waals surface area contributed by atoms with Gasteiger partial charge in [0.25, 0.3) is 0 Å². The number of hydrogen-bond donors (Lipinski definition) is 2. The third kappa shape index (κ3) is 3.49. The fourth-order valence-electron chi connectivity index (χ4n) is 5.18. The van der Waals surface area contributed by atoms with Gasteiger partial charge >= 0.3 is 0 Å². The van der Waals surface area contributed by atoms with E-state index in [0.717, 1.165) is 50.0 Å². The summed E-state index contributed by atoms with van der Waals surface area (Å²) in [6.07, 6.45) is 7.39. The van der Waals surface area contributed by atoms with Gasteiger partial charge in [0.2, 0.25) is 0 Å². The van der Waals surface area contributed by atoms with Crippen LogP contribution in [0.3, 0.4) is 0 Å². The van der Waals surface area contributed by atoms with E-state index in [0.29, 0.717) is 12.3 Å². The maximum Gasteiger partial charge on any atom is 0.193 e. The molecule has 0 amide bonds. The van der Waals surface area contributed by atoms with Crippen LogP contribution in [0.1, 0.15) is 38.4 Å². The molecule has 3 aliphatic rings. The van der Waals surface area contributed by atoms with Crippen LogP contribution >= 0.6 is 0 Å². The van der Waals surface area contributed by atoms with E-state index in [2.05, 4.69) is 20.1 Å². The number of piperazine rings is 1. The zero-order chi connectivity index (χ0) is 18.1. The van der Waals surface area contributed by atoms with Gasteiger partial charge in [0.15, 0.2) is 5.96 Å². The van der Waals surface area contributed by atoms with E-state index in [1.807, 2.05) is 7.05 Å². The topological polar surface area (TPSA) is 64.2 Å². The van der Waals surface area contributed by atoms with E-state index in [1.54, 1.807) is 25.3 Å². The van der Waals surface area contributed by atoms with Crippen molar-refractivity contribution in [2.24, 2.45) is 16.8 Å². The second-order valence-corrected chi connectivity index (χ2v) is 8.42. The van der Waals surface area contributed by atoms with Crippen molar-refractivity contribution < 1.29 is 9.52 Å². The van der Waals surface area contributed by atoms with Gasteiger partial charge in [0.1, 0.15) is 11.4 Å². The summed E-state index contributed by atoms with van der Waals surface area (Å²) in [4.78, 5) is 9.45. The van der Waals surface area contributed by atoms with Gasteiger partial charge in [0, 0.05) is 39.3 Å². The lowest BCUT2D eigenvalue weighted by atomic mass is 9.93. The van der Waals surface area contributed by atoms with Crippen LogP contribution in [0.15, 0.2) is 27.8 Å². The SMILES string of the molecule is CN=C(NCC(C)(O)c1ccco1)N1CCN(C2CC3CCC2C3)CC1. The monoisotopic (exact) mass is 360 g/mol. The number of nitrogens with one attached hydrogen (secondary N) is 1. The molecule has 144 valence electrons. The van der Waals surface area contributed by atoms with Crippen LogP contribution < -0.4 is 5.32 Å². The molecule has 2 aliphatic carbocycles. The van der Waals surface area contributed by atoms with Crippen LogP contribution in [-0.2, 0) is 5.60 Å². The molecule has 0 radical (unpaired) electrons. The molecule has 1 aliphatic heterocycles. The quantitative estimate of drug-likeness (QED) is 0.634. The predicted molar refractivity (Wildman–Crippen MR) is 102 cm³/mol. The third-order valence-electron chi connectivity index (χ3n) is 6.64. The number of aliphatic hydroxyl groups is 1. The highest BCUT2D eigenvalue weighted by Gasteiger charge is 2.42. The molecule has 1 aromatic heterocycles. The van der Waals surface area contributed by atoms with Gasteiger partial charge in [0.05, 0.1) is 12.8 Å². The molecule has 0 spiro atoms. The first-order valence-corrected chi connectivity index (χ1v) is 10.0. The summed E-state index contributed by atoms with van der Waals surface area (Å²) in [5.41, 5.74) is -1.05. The number of nitrogens with zero attached hydrogens (tertiary/aromatic N) is 3. The lowest BCUT2D eigenvalue weighted by molar-refractivity contribution is 0.0372. The van der Waals surface area contributed by atoms with Crippen LogP contribution in [0.5, 0.6) is 0 Å². The van der Waals surface area contributed by atoms with E-state index >= 15 is 0 Å². The van der Waals surface area contributed by atoms with E-state index in [9.17, 15) is 5.11 Å². The van der Waals surface area contributed by atoms with Gasteiger partial charge in [-0.1, -0.05) is 6.42 Å². The van der Waals surface area contributed by atoms with Crippen LogP contribution in [-0.4, -0.2) is 66.7 Å². The fraction of sp³-hybridized carbons (Fsp3) is 0.750. The lowest BCUT2D eigenvalue weighted by Gasteiger charge is -2.42. The molecule has 4 unspecified atom stereocenters. The third-order valence-corrected chi connectivity index (χ3v) is 6.64. The number of guanidine groups is 1. The Morgan fingerprint density at radius 1 is 1.31 bits per heavy atom. The summed E-state index contributed by atoms with van der Waals surface area (Å²) < 4.78 is 5.35. The predicted octanol–water partition coefficient (Wildman–Crippen LogP) is 1.87. The summed E-state index contributed by atoms with van der Waals surface area (Å²) in [7, 11) is 1.81. The second kappa shape index (κ2) is 7.24. The average molecular weight is 361 g/mol. The molecule has 26 heavy (non-hydrogen) atoms. The number of rotatable bonds is 4. The normalized spacial score (nSPS) is 32.0. The van der Waals surface area contributed by atoms with E-state index in [4.69, 9.17) is 4.42 Å². The van der Waals surface area contributed by atoms with Gasteiger partial charge in [-0.15, -0.1) is 0 Å². The lowest BCUT2D eigenvalue weighted by Crippen LogP contribution is -2.56. The van der Waals surface area contributed by atoms with Crippen molar-refractivity contribution in [3.05, 3.63) is 24.2 Å². The molecule has 1 aromatic rings. The number of aliphatic imine (C=N–C) groups is 1. The van der Waals surface area contributed by atoms with Crippen LogP contribution in [0.25, 0.3) is 0 Å². The molecule has 1 saturated heterocycles. The van der Waals surface area contributed by atoms with Crippen LogP contribution in [0.2, 0.25) is 0 Å². The van der Waals surface area contributed by atoms with E-state index in [1.165, 1.54) is 25.7 Å². The first-order chi connectivity index (χ1) is 12.6. The maximum atomic E-state index is 10.6. The van der Waals surface area contributed by atoms with Crippen molar-refractivity contribution in [1.82, 2.24) is 15.1 Å². The molecule has 0 aromatic carbocycles. The molecule has 2 heterocycles. The highest BCUT2D eigenvalue weighted by molar-refractivity contribution is 5.80. The van der Waals surface area contributed by atoms with Crippen molar-refractivity contribution in [2.75, 3.05) is 39.8 Å². The van der Waals surface area contributed by atoms with Gasteiger partial charge in [-0.05, 0) is 50.2 Å². The minimum absolute atomic E-state index is 0.375. The Hall–Kier alpha value is -1.53. The molecule has 2 bridgehead atoms. The van der Waals surface area contributed by atoms with E-state index < -0.39 is 5.60 Å². The molecule has 4 rings (SSSR count). The number of furan rings is 1. The largest absolute Gasteiger partial charge is 0.466 e. The Morgan fingerprint density at radius 2 is 2.12 bits per heavy atom. The maximum absolute atomic E-state index is 10.6. The Kier molecular flexibility index (Phi) is 4.97. The molecule has 2 saturated carbocycles. The Balaban J connectivity index is 1.29. The van der Waals surface area contributed by atoms with Crippen molar-refractivity contribution in [3.8, 4) is 0 Å². The van der Waals surface area contributed by atoms with Crippen molar-refractivity contribution in [3.63, 3.8) is 0 Å². The fourth-order valence-corrected chi connectivity index (χ4v) is 5.18. The summed E-state index contributed by atoms with van der Waals surface area (Å²) in [5, 5.41) is 14.0. The average Bonchev–Trinajstić information content (AvgIpc) is 3.40. The minimum Gasteiger partial charge on any atom is -0.466 e. The summed E-state index contributed by atoms with van der Waals surface area (Å²) in [5.74, 6) is 3.39.